The van der Waals surface area contributed by atoms with Gasteiger partial charge in [0.1, 0.15) is 12.4 Å². The fourth-order valence-electron chi connectivity index (χ4n) is 2.09. The van der Waals surface area contributed by atoms with Crippen LogP contribution >= 0.6 is 0 Å². The lowest BCUT2D eigenvalue weighted by molar-refractivity contribution is 0.0951. The van der Waals surface area contributed by atoms with Gasteiger partial charge in [0.25, 0.3) is 5.91 Å². The predicted octanol–water partition coefficient (Wildman–Crippen LogP) is 2.90. The van der Waals surface area contributed by atoms with Crippen LogP contribution in [0.4, 0.5) is 8.78 Å². The molecular weight excluding hydrogens is 290 g/mol. The maximum atomic E-state index is 14.3. The average molecular weight is 306 g/mol. The molecule has 1 aromatic heterocycles. The number of ether oxygens (including phenoxy) is 1. The lowest BCUT2D eigenvalue weighted by Crippen LogP contribution is -2.26. The van der Waals surface area contributed by atoms with Crippen molar-refractivity contribution in [2.45, 2.75) is 6.92 Å². The van der Waals surface area contributed by atoms with Gasteiger partial charge in [-0.05, 0) is 36.8 Å². The van der Waals surface area contributed by atoms with Crippen molar-refractivity contribution in [1.29, 1.82) is 0 Å². The molecule has 0 aliphatic carbocycles. The summed E-state index contributed by atoms with van der Waals surface area (Å²) in [6, 6.07) is 6.23. The number of carbonyl (C=O) groups excluding carboxylic acids is 1. The van der Waals surface area contributed by atoms with Gasteiger partial charge in [-0.3, -0.25) is 9.78 Å². The summed E-state index contributed by atoms with van der Waals surface area (Å²) in [5.74, 6) is -0.520. The number of amides is 1. The molecule has 1 aromatic carbocycles. The first-order valence-corrected chi connectivity index (χ1v) is 6.72. The summed E-state index contributed by atoms with van der Waals surface area (Å²) >= 11 is 0. The van der Waals surface area contributed by atoms with E-state index in [1.165, 1.54) is 25.4 Å². The molecule has 2 aromatic rings. The molecule has 1 amide bonds. The Balaban J connectivity index is 2.55. The topological polar surface area (TPSA) is 51.2 Å². The molecule has 2 rings (SSSR count). The fourth-order valence-corrected chi connectivity index (χ4v) is 2.09. The van der Waals surface area contributed by atoms with Gasteiger partial charge in [-0.25, -0.2) is 8.78 Å². The second-order valence-corrected chi connectivity index (χ2v) is 4.61. The number of carbonyl (C=O) groups is 1. The zero-order chi connectivity index (χ0) is 16.1. The summed E-state index contributed by atoms with van der Waals surface area (Å²) in [6.45, 7) is 0.770. The van der Waals surface area contributed by atoms with E-state index in [-0.39, 0.29) is 23.4 Å². The lowest BCUT2D eigenvalue weighted by atomic mass is 9.98. The van der Waals surface area contributed by atoms with E-state index in [2.05, 4.69) is 10.3 Å². The van der Waals surface area contributed by atoms with E-state index in [9.17, 15) is 13.6 Å². The van der Waals surface area contributed by atoms with Gasteiger partial charge in [0.2, 0.25) is 0 Å². The van der Waals surface area contributed by atoms with E-state index < -0.39 is 18.4 Å². The van der Waals surface area contributed by atoms with Crippen molar-refractivity contribution in [3.63, 3.8) is 0 Å². The van der Waals surface area contributed by atoms with Gasteiger partial charge in [-0.2, -0.15) is 0 Å². The summed E-state index contributed by atoms with van der Waals surface area (Å²) in [6.07, 6.45) is 1.47. The number of hydrogen-bond donors (Lipinski definition) is 1. The monoisotopic (exact) mass is 306 g/mol. The zero-order valence-corrected chi connectivity index (χ0v) is 12.3. The van der Waals surface area contributed by atoms with Gasteiger partial charge in [0, 0.05) is 18.3 Å². The van der Waals surface area contributed by atoms with Gasteiger partial charge in [-0.1, -0.05) is 0 Å². The SMILES string of the molecule is COc1ccc(-c2ccnc(C)c2F)c(C(=O)NCCF)c1. The number of alkyl halides is 1. The molecular formula is C16H16F2N2O2. The molecule has 0 atom stereocenters. The van der Waals surface area contributed by atoms with Crippen molar-refractivity contribution in [2.24, 2.45) is 0 Å². The second-order valence-electron chi connectivity index (χ2n) is 4.61. The molecule has 1 N–H and O–H groups in total. The Labute approximate surface area is 127 Å². The molecule has 6 heteroatoms. The highest BCUT2D eigenvalue weighted by atomic mass is 19.1. The number of hydrogen-bond acceptors (Lipinski definition) is 3. The first kappa shape index (κ1) is 15.9. The van der Waals surface area contributed by atoms with Crippen LogP contribution in [0, 0.1) is 12.7 Å². The summed E-state index contributed by atoms with van der Waals surface area (Å²) in [5, 5.41) is 2.44. The first-order valence-electron chi connectivity index (χ1n) is 6.72. The Kier molecular flexibility index (Phi) is 5.04. The summed E-state index contributed by atoms with van der Waals surface area (Å²) in [5.41, 5.74) is 1.13. The Morgan fingerprint density at radius 3 is 2.77 bits per heavy atom. The van der Waals surface area contributed by atoms with E-state index in [4.69, 9.17) is 4.74 Å². The van der Waals surface area contributed by atoms with E-state index >= 15 is 0 Å². The van der Waals surface area contributed by atoms with Crippen molar-refractivity contribution in [3.05, 3.63) is 47.5 Å². The van der Waals surface area contributed by atoms with Crippen LogP contribution in [0.1, 0.15) is 16.1 Å². The Morgan fingerprint density at radius 2 is 2.09 bits per heavy atom. The van der Waals surface area contributed by atoms with E-state index in [1.807, 2.05) is 0 Å². The minimum absolute atomic E-state index is 0.104. The second kappa shape index (κ2) is 6.98. The van der Waals surface area contributed by atoms with Gasteiger partial charge in [0.15, 0.2) is 5.82 Å². The minimum Gasteiger partial charge on any atom is -0.497 e. The Morgan fingerprint density at radius 1 is 1.32 bits per heavy atom. The van der Waals surface area contributed by atoms with Crippen LogP contribution < -0.4 is 10.1 Å². The summed E-state index contributed by atoms with van der Waals surface area (Å²) < 4.78 is 31.6. The van der Waals surface area contributed by atoms with Gasteiger partial charge in [0.05, 0.1) is 18.4 Å². The number of halogens is 2. The lowest BCUT2D eigenvalue weighted by Gasteiger charge is -2.13. The van der Waals surface area contributed by atoms with Crippen LogP contribution in [-0.4, -0.2) is 31.2 Å². The molecule has 0 bridgehead atoms. The average Bonchev–Trinajstić information content (AvgIpc) is 2.54. The molecule has 0 aliphatic heterocycles. The number of nitrogens with zero attached hydrogens (tertiary/aromatic N) is 1. The summed E-state index contributed by atoms with van der Waals surface area (Å²) in [7, 11) is 1.47. The highest BCUT2D eigenvalue weighted by Crippen LogP contribution is 2.30. The molecule has 0 spiro atoms. The van der Waals surface area contributed by atoms with Crippen LogP contribution in [-0.2, 0) is 0 Å². The molecule has 0 radical (unpaired) electrons. The number of aromatic nitrogens is 1. The van der Waals surface area contributed by atoms with Crippen LogP contribution in [0.5, 0.6) is 5.75 Å². The fraction of sp³-hybridized carbons (Fsp3) is 0.250. The van der Waals surface area contributed by atoms with Crippen LogP contribution in [0.2, 0.25) is 0 Å². The molecule has 0 saturated heterocycles. The minimum atomic E-state index is -0.673. The number of aryl methyl sites for hydroxylation is 1. The van der Waals surface area contributed by atoms with Crippen molar-refractivity contribution < 1.29 is 18.3 Å². The Hall–Kier alpha value is -2.50. The molecule has 0 unspecified atom stereocenters. The number of rotatable bonds is 5. The third-order valence-corrected chi connectivity index (χ3v) is 3.21. The zero-order valence-electron chi connectivity index (χ0n) is 12.3. The highest BCUT2D eigenvalue weighted by molar-refractivity contribution is 6.01. The largest absolute Gasteiger partial charge is 0.497 e. The third-order valence-electron chi connectivity index (χ3n) is 3.21. The van der Waals surface area contributed by atoms with Crippen molar-refractivity contribution in [2.75, 3.05) is 20.3 Å². The van der Waals surface area contributed by atoms with E-state index in [1.54, 1.807) is 19.1 Å². The van der Waals surface area contributed by atoms with Crippen LogP contribution in [0.15, 0.2) is 30.5 Å². The number of pyridine rings is 1. The molecule has 0 aliphatic rings. The first-order chi connectivity index (χ1) is 10.6. The quantitative estimate of drug-likeness (QED) is 0.924. The van der Waals surface area contributed by atoms with Gasteiger partial charge in [-0.15, -0.1) is 0 Å². The summed E-state index contributed by atoms with van der Waals surface area (Å²) in [4.78, 5) is 16.1. The molecule has 1 heterocycles. The maximum absolute atomic E-state index is 14.3. The number of nitrogens with one attached hydrogen (secondary N) is 1. The molecule has 22 heavy (non-hydrogen) atoms. The molecule has 116 valence electrons. The van der Waals surface area contributed by atoms with E-state index in [0.717, 1.165) is 0 Å². The van der Waals surface area contributed by atoms with Crippen LogP contribution in [0.25, 0.3) is 11.1 Å². The van der Waals surface area contributed by atoms with Crippen molar-refractivity contribution in [3.8, 4) is 16.9 Å². The predicted molar refractivity (Wildman–Crippen MR) is 79.2 cm³/mol. The number of benzene rings is 1. The molecule has 4 nitrogen and oxygen atoms in total. The van der Waals surface area contributed by atoms with Crippen LogP contribution in [0.3, 0.4) is 0 Å². The maximum Gasteiger partial charge on any atom is 0.252 e. The standard InChI is InChI=1S/C16H16F2N2O2/c1-10-15(18)13(5-7-19-10)12-4-3-11(22-2)9-14(12)16(21)20-8-6-17/h3-5,7,9H,6,8H2,1-2H3,(H,20,21). The van der Waals surface area contributed by atoms with Crippen molar-refractivity contribution in [1.82, 2.24) is 10.3 Å². The number of methoxy groups -OCH3 is 1. The molecule has 0 fully saturated rings. The normalized spacial score (nSPS) is 10.4. The van der Waals surface area contributed by atoms with E-state index in [0.29, 0.717) is 11.3 Å². The smallest absolute Gasteiger partial charge is 0.252 e. The third kappa shape index (κ3) is 3.21. The van der Waals surface area contributed by atoms with Crippen molar-refractivity contribution >= 4 is 5.91 Å². The Bertz CT molecular complexity index is 690. The molecule has 0 saturated carbocycles. The van der Waals surface area contributed by atoms with Gasteiger partial charge < -0.3 is 10.1 Å². The van der Waals surface area contributed by atoms with Gasteiger partial charge >= 0.3 is 0 Å². The highest BCUT2D eigenvalue weighted by Gasteiger charge is 2.17.